The van der Waals surface area contributed by atoms with Crippen LogP contribution in [0, 0.1) is 0 Å². The van der Waals surface area contributed by atoms with Crippen molar-refractivity contribution in [2.45, 2.75) is 43.9 Å². The molecule has 16 nitrogen and oxygen atoms in total. The predicted octanol–water partition coefficient (Wildman–Crippen LogP) is 6.44. The van der Waals surface area contributed by atoms with E-state index in [0.29, 0.717) is 29.4 Å². The number of carboxylic acid groups (broad SMARTS) is 1. The number of amides is 1. The van der Waals surface area contributed by atoms with Crippen LogP contribution in [0.5, 0.6) is 11.5 Å². The summed E-state index contributed by atoms with van der Waals surface area (Å²) in [7, 11) is -1.96. The SMILES string of the molecule is C.CCc1ccc(OC)c(S(=O)(=O)Nc2noc3ccc(C(=O)N(C)C)cc23)c1.CCc1ccc(OC)c(S(=O)(=O)Nc2noc3ccc(C(=O)O)cc23)c1. The molecule has 6 aromatic rings. The average Bonchev–Trinajstić information content (AvgIpc) is 3.75. The fraction of sp³-hybridized carbons (Fsp3) is 0.243. The molecule has 6 rings (SSSR count). The molecule has 2 aromatic heterocycles. The van der Waals surface area contributed by atoms with Crippen molar-refractivity contribution in [3.8, 4) is 11.5 Å². The highest BCUT2D eigenvalue weighted by molar-refractivity contribution is 7.93. The Morgan fingerprint density at radius 1 is 0.691 bits per heavy atom. The molecule has 0 unspecified atom stereocenters. The third-order valence-corrected chi connectivity index (χ3v) is 10.9. The van der Waals surface area contributed by atoms with Gasteiger partial charge in [-0.1, -0.05) is 43.7 Å². The largest absolute Gasteiger partial charge is 0.495 e. The van der Waals surface area contributed by atoms with Crippen LogP contribution >= 0.6 is 0 Å². The van der Waals surface area contributed by atoms with E-state index >= 15 is 0 Å². The lowest BCUT2D eigenvalue weighted by atomic mass is 10.1. The van der Waals surface area contributed by atoms with Gasteiger partial charge in [0.25, 0.3) is 26.0 Å². The first kappa shape index (κ1) is 41.6. The van der Waals surface area contributed by atoms with Crippen LogP contribution in [0.3, 0.4) is 0 Å². The molecule has 0 aliphatic heterocycles. The van der Waals surface area contributed by atoms with Gasteiger partial charge in [0.2, 0.25) is 0 Å². The minimum Gasteiger partial charge on any atom is -0.495 e. The third-order valence-electron chi connectivity index (χ3n) is 8.15. The van der Waals surface area contributed by atoms with Gasteiger partial charge in [-0.05, 0) is 84.6 Å². The summed E-state index contributed by atoms with van der Waals surface area (Å²) in [4.78, 5) is 24.7. The summed E-state index contributed by atoms with van der Waals surface area (Å²) in [5.41, 5.74) is 2.69. The van der Waals surface area contributed by atoms with Crippen LogP contribution < -0.4 is 18.9 Å². The van der Waals surface area contributed by atoms with E-state index in [2.05, 4.69) is 19.8 Å². The van der Waals surface area contributed by atoms with Crippen molar-refractivity contribution in [1.29, 1.82) is 0 Å². The van der Waals surface area contributed by atoms with Crippen molar-refractivity contribution in [2.24, 2.45) is 0 Å². The number of aromatic nitrogens is 2. The fourth-order valence-corrected chi connectivity index (χ4v) is 7.68. The van der Waals surface area contributed by atoms with Gasteiger partial charge in [0.1, 0.15) is 21.3 Å². The summed E-state index contributed by atoms with van der Waals surface area (Å²) >= 11 is 0. The number of carboxylic acids is 1. The minimum atomic E-state index is -4.03. The summed E-state index contributed by atoms with van der Waals surface area (Å²) in [6.45, 7) is 3.84. The predicted molar refractivity (Wildman–Crippen MR) is 206 cm³/mol. The van der Waals surface area contributed by atoms with E-state index < -0.39 is 26.0 Å². The number of carbonyl (C=O) groups excluding carboxylic acids is 1. The van der Waals surface area contributed by atoms with Gasteiger partial charge in [-0.2, -0.15) is 0 Å². The zero-order valence-electron chi connectivity index (χ0n) is 30.0. The monoisotopic (exact) mass is 795 g/mol. The maximum atomic E-state index is 13.0. The maximum Gasteiger partial charge on any atom is 0.335 e. The number of rotatable bonds is 12. The Balaban J connectivity index is 0.000000241. The summed E-state index contributed by atoms with van der Waals surface area (Å²) in [5.74, 6) is -1.03. The summed E-state index contributed by atoms with van der Waals surface area (Å²) < 4.78 is 77.0. The van der Waals surface area contributed by atoms with Gasteiger partial charge in [0.05, 0.1) is 30.6 Å². The van der Waals surface area contributed by atoms with E-state index in [1.54, 1.807) is 56.6 Å². The van der Waals surface area contributed by atoms with Crippen molar-refractivity contribution in [3.63, 3.8) is 0 Å². The molecule has 292 valence electrons. The Labute approximate surface area is 318 Å². The number of nitrogens with one attached hydrogen (secondary N) is 2. The van der Waals surface area contributed by atoms with Gasteiger partial charge in [-0.3, -0.25) is 14.2 Å². The molecule has 0 spiro atoms. The number of sulfonamides is 2. The number of aryl methyl sites for hydroxylation is 2. The van der Waals surface area contributed by atoms with Crippen molar-refractivity contribution >= 4 is 65.5 Å². The second-order valence-electron chi connectivity index (χ2n) is 11.9. The molecule has 0 atom stereocenters. The molecular weight excluding hydrogens is 755 g/mol. The van der Waals surface area contributed by atoms with Crippen LogP contribution in [0.2, 0.25) is 0 Å². The highest BCUT2D eigenvalue weighted by Gasteiger charge is 2.25. The van der Waals surface area contributed by atoms with E-state index in [0.717, 1.165) is 11.1 Å². The van der Waals surface area contributed by atoms with Gasteiger partial charge in [-0.15, -0.1) is 0 Å². The zero-order chi connectivity index (χ0) is 39.4. The molecule has 4 aromatic carbocycles. The molecule has 0 aliphatic carbocycles. The second kappa shape index (κ2) is 16.9. The molecule has 0 saturated carbocycles. The van der Waals surface area contributed by atoms with Crippen molar-refractivity contribution < 1.29 is 50.1 Å². The summed E-state index contributed by atoms with van der Waals surface area (Å²) in [6.07, 6.45) is 1.33. The van der Waals surface area contributed by atoms with Gasteiger partial charge >= 0.3 is 5.97 Å². The Bertz CT molecular complexity index is 2580. The molecule has 0 bridgehead atoms. The van der Waals surface area contributed by atoms with Crippen LogP contribution in [0.25, 0.3) is 21.9 Å². The van der Waals surface area contributed by atoms with E-state index in [4.69, 9.17) is 23.6 Å². The number of fused-ring (bicyclic) bond motifs is 2. The Hall–Kier alpha value is -6.14. The van der Waals surface area contributed by atoms with Crippen LogP contribution in [0.4, 0.5) is 11.6 Å². The smallest absolute Gasteiger partial charge is 0.335 e. The molecule has 0 aliphatic rings. The van der Waals surface area contributed by atoms with Crippen LogP contribution in [0.1, 0.15) is 53.1 Å². The van der Waals surface area contributed by atoms with Gasteiger partial charge in [0, 0.05) is 19.7 Å². The van der Waals surface area contributed by atoms with Crippen molar-refractivity contribution in [2.75, 3.05) is 37.8 Å². The first-order valence-corrected chi connectivity index (χ1v) is 19.2. The lowest BCUT2D eigenvalue weighted by Crippen LogP contribution is -2.21. The summed E-state index contributed by atoms with van der Waals surface area (Å²) in [5, 5.41) is 17.3. The molecule has 55 heavy (non-hydrogen) atoms. The van der Waals surface area contributed by atoms with E-state index in [9.17, 15) is 26.4 Å². The number of nitrogens with zero attached hydrogens (tertiary/aromatic N) is 3. The molecule has 0 fully saturated rings. The molecule has 2 heterocycles. The Kier molecular flexibility index (Phi) is 12.8. The van der Waals surface area contributed by atoms with Crippen molar-refractivity contribution in [3.05, 3.63) is 95.1 Å². The normalized spacial score (nSPS) is 11.2. The zero-order valence-corrected chi connectivity index (χ0v) is 31.7. The quantitative estimate of drug-likeness (QED) is 0.122. The van der Waals surface area contributed by atoms with Gasteiger partial charge < -0.3 is 28.5 Å². The fourth-order valence-electron chi connectivity index (χ4n) is 5.22. The van der Waals surface area contributed by atoms with E-state index in [1.165, 1.54) is 43.4 Å². The first-order chi connectivity index (χ1) is 25.6. The third kappa shape index (κ3) is 8.98. The van der Waals surface area contributed by atoms with E-state index in [1.807, 2.05) is 19.9 Å². The standard InChI is InChI=1S/C19H21N3O5S.C17H16N2O6S.CH4/c1-5-12-6-8-16(26-4)17(10-12)28(24,25)21-18-14-11-13(19(23)22(2)3)7-9-15(14)27-20-18;1-3-10-4-6-14(24-2)15(8-10)26(22,23)19-16-12-9-11(17(20)21)5-7-13(12)25-18-16;/h6-11H,5H2,1-4H3,(H,20,21);4-9H,3H2,1-2H3,(H,18,19)(H,20,21);1H4. The lowest BCUT2D eigenvalue weighted by Gasteiger charge is -2.12. The molecule has 1 amide bonds. The molecule has 18 heteroatoms. The van der Waals surface area contributed by atoms with Gasteiger partial charge in [-0.25, -0.2) is 21.6 Å². The topological polar surface area (TPSA) is 220 Å². The maximum absolute atomic E-state index is 13.0. The van der Waals surface area contributed by atoms with Crippen LogP contribution in [-0.2, 0) is 32.9 Å². The molecule has 0 radical (unpaired) electrons. The number of benzene rings is 4. The van der Waals surface area contributed by atoms with Crippen LogP contribution in [-0.4, -0.2) is 77.3 Å². The average molecular weight is 796 g/mol. The number of aromatic carboxylic acids is 1. The minimum absolute atomic E-state index is 0. The number of ether oxygens (including phenoxy) is 2. The van der Waals surface area contributed by atoms with Crippen LogP contribution in [0.15, 0.2) is 91.6 Å². The number of methoxy groups -OCH3 is 2. The Morgan fingerprint density at radius 3 is 1.49 bits per heavy atom. The number of hydrogen-bond acceptors (Lipinski definition) is 12. The molecular formula is C37H41N5O11S2. The highest BCUT2D eigenvalue weighted by Crippen LogP contribution is 2.32. The molecule has 3 N–H and O–H groups in total. The second-order valence-corrected chi connectivity index (χ2v) is 15.2. The number of anilines is 2. The Morgan fingerprint density at radius 2 is 1.11 bits per heavy atom. The number of carbonyl (C=O) groups is 2. The highest BCUT2D eigenvalue weighted by atomic mass is 32.2. The lowest BCUT2D eigenvalue weighted by molar-refractivity contribution is 0.0696. The van der Waals surface area contributed by atoms with Crippen molar-refractivity contribution in [1.82, 2.24) is 15.2 Å². The number of hydrogen-bond donors (Lipinski definition) is 3. The van der Waals surface area contributed by atoms with Gasteiger partial charge in [0.15, 0.2) is 22.8 Å². The first-order valence-electron chi connectivity index (χ1n) is 16.3. The summed E-state index contributed by atoms with van der Waals surface area (Å²) in [6, 6.07) is 18.7. The molecule has 0 saturated heterocycles. The van der Waals surface area contributed by atoms with E-state index in [-0.39, 0.29) is 62.8 Å².